The average molecular weight is 510 g/mol. The average Bonchev–Trinajstić information content (AvgIpc) is 3.27. The number of fused-ring (bicyclic) bond motifs is 4. The topological polar surface area (TPSA) is 6.25 Å². The SMILES string of the molecule is CN1C(=CC=C(C=CC2=[N+](C)c3ccc4ccccc4c3C2(C)C)c2ccccc2)C(C)(C)c2ccccc21. The molecule has 4 aromatic rings. The Morgan fingerprint density at radius 2 is 1.46 bits per heavy atom. The molecule has 6 rings (SSSR count). The van der Waals surface area contributed by atoms with Crippen LogP contribution in [0.2, 0.25) is 0 Å². The maximum absolute atomic E-state index is 2.36. The van der Waals surface area contributed by atoms with E-state index in [4.69, 9.17) is 0 Å². The van der Waals surface area contributed by atoms with E-state index in [0.29, 0.717) is 0 Å². The first kappa shape index (κ1) is 25.1. The molecule has 0 aliphatic carbocycles. The normalized spacial score (nSPS) is 18.9. The Morgan fingerprint density at radius 1 is 0.769 bits per heavy atom. The van der Waals surface area contributed by atoms with Crippen LogP contribution >= 0.6 is 0 Å². The first-order valence-corrected chi connectivity index (χ1v) is 13.8. The summed E-state index contributed by atoms with van der Waals surface area (Å²) in [6, 6.07) is 32.7. The summed E-state index contributed by atoms with van der Waals surface area (Å²) in [5.41, 5.74) is 10.2. The van der Waals surface area contributed by atoms with E-state index < -0.39 is 0 Å². The molecular weight excluding hydrogens is 472 g/mol. The molecule has 2 heterocycles. The molecule has 4 aromatic carbocycles. The zero-order chi connectivity index (χ0) is 27.4. The summed E-state index contributed by atoms with van der Waals surface area (Å²) in [5.74, 6) is 0. The van der Waals surface area contributed by atoms with Gasteiger partial charge < -0.3 is 4.90 Å². The Labute approximate surface area is 232 Å². The van der Waals surface area contributed by atoms with Crippen molar-refractivity contribution in [3.8, 4) is 0 Å². The molecule has 0 bridgehead atoms. The molecule has 0 aromatic heterocycles. The van der Waals surface area contributed by atoms with Crippen LogP contribution in [0.5, 0.6) is 0 Å². The smallest absolute Gasteiger partial charge is 0.210 e. The van der Waals surface area contributed by atoms with Gasteiger partial charge >= 0.3 is 0 Å². The molecule has 0 amide bonds. The van der Waals surface area contributed by atoms with Crippen molar-refractivity contribution in [3.05, 3.63) is 138 Å². The van der Waals surface area contributed by atoms with E-state index in [1.807, 2.05) is 0 Å². The third-order valence-electron chi connectivity index (χ3n) is 8.78. The highest BCUT2D eigenvalue weighted by Gasteiger charge is 2.44. The number of allylic oxidation sites excluding steroid dienone is 6. The predicted octanol–water partition coefficient (Wildman–Crippen LogP) is 8.80. The van der Waals surface area contributed by atoms with Crippen LogP contribution in [-0.4, -0.2) is 24.4 Å². The molecule has 194 valence electrons. The van der Waals surface area contributed by atoms with Gasteiger partial charge in [0.15, 0.2) is 5.71 Å². The van der Waals surface area contributed by atoms with Crippen LogP contribution in [0.15, 0.2) is 121 Å². The largest absolute Gasteiger partial charge is 0.347 e. The van der Waals surface area contributed by atoms with Gasteiger partial charge in [0, 0.05) is 41.6 Å². The number of hydrogen-bond acceptors (Lipinski definition) is 1. The predicted molar refractivity (Wildman–Crippen MR) is 167 cm³/mol. The van der Waals surface area contributed by atoms with E-state index in [1.54, 1.807) is 0 Å². The maximum Gasteiger partial charge on any atom is 0.210 e. The van der Waals surface area contributed by atoms with Crippen molar-refractivity contribution < 1.29 is 4.58 Å². The molecule has 0 radical (unpaired) electrons. The minimum Gasteiger partial charge on any atom is -0.347 e. The van der Waals surface area contributed by atoms with E-state index in [0.717, 1.165) is 0 Å². The molecule has 2 aliphatic heterocycles. The van der Waals surface area contributed by atoms with Gasteiger partial charge in [-0.15, -0.1) is 0 Å². The summed E-state index contributed by atoms with van der Waals surface area (Å²) in [6.45, 7) is 9.34. The third-order valence-corrected chi connectivity index (χ3v) is 8.78. The van der Waals surface area contributed by atoms with Crippen LogP contribution in [0.25, 0.3) is 16.3 Å². The highest BCUT2D eigenvalue weighted by molar-refractivity contribution is 6.08. The van der Waals surface area contributed by atoms with E-state index in [9.17, 15) is 0 Å². The molecule has 2 nitrogen and oxygen atoms in total. The lowest BCUT2D eigenvalue weighted by molar-refractivity contribution is -0.401. The quantitative estimate of drug-likeness (QED) is 0.197. The molecule has 39 heavy (non-hydrogen) atoms. The lowest BCUT2D eigenvalue weighted by atomic mass is 9.79. The zero-order valence-electron chi connectivity index (χ0n) is 23.9. The Kier molecular flexibility index (Phi) is 5.95. The van der Waals surface area contributed by atoms with Crippen LogP contribution in [0.3, 0.4) is 0 Å². The van der Waals surface area contributed by atoms with Crippen molar-refractivity contribution in [1.82, 2.24) is 0 Å². The Bertz CT molecular complexity index is 1710. The second-order valence-electron chi connectivity index (χ2n) is 11.8. The van der Waals surface area contributed by atoms with Gasteiger partial charge in [-0.05, 0) is 65.6 Å². The van der Waals surface area contributed by atoms with Gasteiger partial charge in [-0.1, -0.05) is 92.7 Å². The fourth-order valence-corrected chi connectivity index (χ4v) is 6.71. The molecule has 0 fully saturated rings. The minimum absolute atomic E-state index is 0.0571. The van der Waals surface area contributed by atoms with Crippen molar-refractivity contribution >= 4 is 33.4 Å². The molecule has 0 unspecified atom stereocenters. The zero-order valence-corrected chi connectivity index (χ0v) is 23.9. The van der Waals surface area contributed by atoms with Gasteiger partial charge in [0.1, 0.15) is 7.05 Å². The summed E-state index contributed by atoms with van der Waals surface area (Å²) in [5, 5.41) is 2.63. The highest BCUT2D eigenvalue weighted by Crippen LogP contribution is 2.47. The standard InChI is InChI=1S/C37H37N2/c1-36(2)30-18-12-13-19-31(30)38(5)33(36)24-21-27(26-14-8-7-9-15-26)22-25-34-37(3,4)35-29-17-11-10-16-28(29)20-23-32(35)39(34)6/h7-25H,1-6H3/q+1. The fraction of sp³-hybridized carbons (Fsp3) is 0.216. The molecule has 0 atom stereocenters. The number of nitrogens with zero attached hydrogens (tertiary/aromatic N) is 2. The molecule has 2 aliphatic rings. The number of anilines is 1. The minimum atomic E-state index is -0.114. The second kappa shape index (κ2) is 9.24. The van der Waals surface area contributed by atoms with Gasteiger partial charge in [-0.25, -0.2) is 0 Å². The first-order valence-electron chi connectivity index (χ1n) is 13.8. The Balaban J connectivity index is 1.43. The number of para-hydroxylation sites is 1. The van der Waals surface area contributed by atoms with Gasteiger partial charge in [-0.2, -0.15) is 4.58 Å². The Hall–Kier alpha value is -4.17. The Morgan fingerprint density at radius 3 is 2.23 bits per heavy atom. The van der Waals surface area contributed by atoms with E-state index >= 15 is 0 Å². The molecule has 0 saturated carbocycles. The molecule has 0 saturated heterocycles. The summed E-state index contributed by atoms with van der Waals surface area (Å²) in [4.78, 5) is 2.34. The van der Waals surface area contributed by atoms with Gasteiger partial charge in [0.2, 0.25) is 5.69 Å². The van der Waals surface area contributed by atoms with Crippen molar-refractivity contribution in [3.63, 3.8) is 0 Å². The fourth-order valence-electron chi connectivity index (χ4n) is 6.71. The number of benzene rings is 4. The third kappa shape index (κ3) is 3.98. The lowest BCUT2D eigenvalue weighted by Crippen LogP contribution is -2.26. The van der Waals surface area contributed by atoms with Crippen molar-refractivity contribution in [2.75, 3.05) is 19.0 Å². The molecule has 0 spiro atoms. The van der Waals surface area contributed by atoms with Crippen LogP contribution in [0.4, 0.5) is 11.4 Å². The first-order chi connectivity index (χ1) is 18.7. The van der Waals surface area contributed by atoms with Crippen LogP contribution in [0.1, 0.15) is 44.4 Å². The molecular formula is C37H37N2+. The van der Waals surface area contributed by atoms with E-state index in [2.05, 4.69) is 167 Å². The monoisotopic (exact) mass is 509 g/mol. The number of hydrogen-bond donors (Lipinski definition) is 0. The highest BCUT2D eigenvalue weighted by atomic mass is 15.2. The number of rotatable bonds is 4. The van der Waals surface area contributed by atoms with Crippen molar-refractivity contribution in [2.45, 2.75) is 38.5 Å². The molecule has 0 N–H and O–H groups in total. The van der Waals surface area contributed by atoms with Crippen molar-refractivity contribution in [2.24, 2.45) is 0 Å². The lowest BCUT2D eigenvalue weighted by Gasteiger charge is -2.23. The second-order valence-corrected chi connectivity index (χ2v) is 11.8. The van der Waals surface area contributed by atoms with E-state index in [-0.39, 0.29) is 10.8 Å². The van der Waals surface area contributed by atoms with Gasteiger partial charge in [0.25, 0.3) is 0 Å². The van der Waals surface area contributed by atoms with E-state index in [1.165, 1.54) is 55.8 Å². The van der Waals surface area contributed by atoms with Gasteiger partial charge in [-0.3, -0.25) is 0 Å². The summed E-state index contributed by atoms with van der Waals surface area (Å²) >= 11 is 0. The van der Waals surface area contributed by atoms with Crippen LogP contribution in [0, 0.1) is 0 Å². The van der Waals surface area contributed by atoms with Crippen LogP contribution in [-0.2, 0) is 10.8 Å². The summed E-state index contributed by atoms with van der Waals surface area (Å²) in [6.07, 6.45) is 9.22. The van der Waals surface area contributed by atoms with Gasteiger partial charge in [0.05, 0.1) is 5.41 Å². The summed E-state index contributed by atoms with van der Waals surface area (Å²) < 4.78 is 2.36. The van der Waals surface area contributed by atoms with Crippen LogP contribution < -0.4 is 4.90 Å². The summed E-state index contributed by atoms with van der Waals surface area (Å²) in [7, 11) is 4.38. The molecule has 2 heteroatoms. The van der Waals surface area contributed by atoms with Crippen molar-refractivity contribution in [1.29, 1.82) is 0 Å². The maximum atomic E-state index is 2.36. The number of likely N-dealkylation sites (N-methyl/N-ethyl adjacent to an activating group) is 1.